The van der Waals surface area contributed by atoms with E-state index in [1.54, 1.807) is 0 Å². The molecule has 4 aliphatic rings. The summed E-state index contributed by atoms with van der Waals surface area (Å²) < 4.78 is 0. The van der Waals surface area contributed by atoms with Crippen molar-refractivity contribution in [3.05, 3.63) is 11.6 Å². The van der Waals surface area contributed by atoms with E-state index in [4.69, 9.17) is 0 Å². The molecule has 0 aromatic carbocycles. The van der Waals surface area contributed by atoms with Gasteiger partial charge in [-0.05, 0) is 86.0 Å². The van der Waals surface area contributed by atoms with Crippen molar-refractivity contribution >= 4 is 11.6 Å². The van der Waals surface area contributed by atoms with Crippen LogP contribution in [0.1, 0.15) is 72.6 Å². The van der Waals surface area contributed by atoms with Crippen molar-refractivity contribution < 1.29 is 9.59 Å². The van der Waals surface area contributed by atoms with Gasteiger partial charge in [-0.2, -0.15) is 0 Å². The number of hydrogen-bond acceptors (Lipinski definition) is 2. The molecule has 3 fully saturated rings. The van der Waals surface area contributed by atoms with Crippen LogP contribution in [0.15, 0.2) is 11.6 Å². The van der Waals surface area contributed by atoms with Gasteiger partial charge in [0.15, 0.2) is 5.78 Å². The van der Waals surface area contributed by atoms with Crippen molar-refractivity contribution in [3.63, 3.8) is 0 Å². The molecule has 0 bridgehead atoms. The normalized spacial score (nSPS) is 50.6. The van der Waals surface area contributed by atoms with Gasteiger partial charge in [-0.15, -0.1) is 0 Å². The summed E-state index contributed by atoms with van der Waals surface area (Å²) in [5.41, 5.74) is 1.90. The number of ketones is 2. The Hall–Kier alpha value is -0.920. The second-order valence-electron chi connectivity index (χ2n) is 9.81. The maximum absolute atomic E-state index is 12.4. The van der Waals surface area contributed by atoms with Gasteiger partial charge >= 0.3 is 0 Å². The molecule has 24 heavy (non-hydrogen) atoms. The van der Waals surface area contributed by atoms with E-state index < -0.39 is 0 Å². The summed E-state index contributed by atoms with van der Waals surface area (Å²) >= 11 is 0. The molecule has 0 N–H and O–H groups in total. The van der Waals surface area contributed by atoms with Crippen LogP contribution in [0.25, 0.3) is 0 Å². The van der Waals surface area contributed by atoms with E-state index in [2.05, 4.69) is 20.8 Å². The molecule has 4 rings (SSSR count). The summed E-state index contributed by atoms with van der Waals surface area (Å²) in [7, 11) is 0. The third-order valence-corrected chi connectivity index (χ3v) is 8.74. The van der Waals surface area contributed by atoms with E-state index in [1.807, 2.05) is 13.0 Å². The van der Waals surface area contributed by atoms with Gasteiger partial charge in [0.05, 0.1) is 0 Å². The van der Waals surface area contributed by atoms with Crippen molar-refractivity contribution in [2.75, 3.05) is 0 Å². The zero-order chi connectivity index (χ0) is 17.3. The number of carbonyl (C=O) groups is 2. The van der Waals surface area contributed by atoms with E-state index >= 15 is 0 Å². The summed E-state index contributed by atoms with van der Waals surface area (Å²) in [5.74, 6) is 3.74. The van der Waals surface area contributed by atoms with Crippen molar-refractivity contribution in [1.82, 2.24) is 0 Å². The molecule has 0 radical (unpaired) electrons. The Morgan fingerprint density at radius 2 is 1.88 bits per heavy atom. The van der Waals surface area contributed by atoms with Crippen molar-refractivity contribution in [1.29, 1.82) is 0 Å². The Labute approximate surface area is 146 Å². The van der Waals surface area contributed by atoms with Gasteiger partial charge in [-0.3, -0.25) is 9.59 Å². The Balaban J connectivity index is 1.69. The van der Waals surface area contributed by atoms with Crippen LogP contribution in [0, 0.1) is 40.4 Å². The average Bonchev–Trinajstić information content (AvgIpc) is 2.78. The lowest BCUT2D eigenvalue weighted by molar-refractivity contribution is -0.129. The third-order valence-electron chi connectivity index (χ3n) is 8.74. The zero-order valence-corrected chi connectivity index (χ0v) is 15.7. The molecule has 3 saturated carbocycles. The molecule has 0 saturated heterocycles. The van der Waals surface area contributed by atoms with Crippen molar-refractivity contribution in [3.8, 4) is 0 Å². The van der Waals surface area contributed by atoms with Crippen LogP contribution in [0.3, 0.4) is 0 Å². The maximum atomic E-state index is 12.4. The van der Waals surface area contributed by atoms with E-state index in [1.165, 1.54) is 31.3 Å². The molecule has 0 aromatic rings. The van der Waals surface area contributed by atoms with Gasteiger partial charge in [0.25, 0.3) is 0 Å². The Bertz CT molecular complexity index is 617. The first-order valence-electron chi connectivity index (χ1n) is 10.0. The minimum atomic E-state index is 0.217. The van der Waals surface area contributed by atoms with Crippen molar-refractivity contribution in [2.45, 2.75) is 72.6 Å². The highest BCUT2D eigenvalue weighted by atomic mass is 16.1. The predicted octanol–water partition coefficient (Wildman–Crippen LogP) is 4.97. The van der Waals surface area contributed by atoms with Gasteiger partial charge in [0.1, 0.15) is 5.78 Å². The molecule has 2 heteroatoms. The van der Waals surface area contributed by atoms with Crippen LogP contribution < -0.4 is 0 Å². The zero-order valence-electron chi connectivity index (χ0n) is 15.7. The fourth-order valence-corrected chi connectivity index (χ4v) is 7.79. The summed E-state index contributed by atoms with van der Waals surface area (Å²) in [6.07, 6.45) is 9.79. The van der Waals surface area contributed by atoms with Crippen LogP contribution in [0.4, 0.5) is 0 Å². The first-order chi connectivity index (χ1) is 11.3. The summed E-state index contributed by atoms with van der Waals surface area (Å²) in [5, 5.41) is 0. The SMILES string of the molecule is CC(=O)[C@H]1[C@H](C)C[C@@H]2[C@@H]3CCC4=CC(=O)CC[C@]4(C)[C@@H]3CC[C@@]21C. The monoisotopic (exact) mass is 328 g/mol. The Kier molecular flexibility index (Phi) is 3.64. The molecule has 132 valence electrons. The van der Waals surface area contributed by atoms with Crippen LogP contribution in [-0.4, -0.2) is 11.6 Å². The summed E-state index contributed by atoms with van der Waals surface area (Å²) in [4.78, 5) is 24.3. The second kappa shape index (κ2) is 5.29. The molecule has 0 amide bonds. The third kappa shape index (κ3) is 2.07. The molecule has 0 unspecified atom stereocenters. The number of allylic oxidation sites excluding steroid dienone is 1. The highest BCUT2D eigenvalue weighted by Crippen LogP contribution is 2.67. The number of carbonyl (C=O) groups excluding carboxylic acids is 2. The summed E-state index contributed by atoms with van der Waals surface area (Å²) in [6, 6.07) is 0. The van der Waals surface area contributed by atoms with Gasteiger partial charge in [-0.25, -0.2) is 0 Å². The fraction of sp³-hybridized carbons (Fsp3) is 0.818. The number of rotatable bonds is 1. The minimum Gasteiger partial charge on any atom is -0.300 e. The molecule has 0 heterocycles. The molecule has 0 spiro atoms. The van der Waals surface area contributed by atoms with E-state index in [0.29, 0.717) is 23.4 Å². The fourth-order valence-electron chi connectivity index (χ4n) is 7.79. The van der Waals surface area contributed by atoms with Gasteiger partial charge in [0.2, 0.25) is 0 Å². The standard InChI is InChI=1S/C22H32O2/c1-13-11-19-17-6-5-15-12-16(24)7-9-21(15,3)18(17)8-10-22(19,4)20(13)14(2)23/h12-13,17-20H,5-11H2,1-4H3/t13-,17-,18-,19-,20-,21+,22+/m1/s1. The molecule has 0 aromatic heterocycles. The first kappa shape index (κ1) is 16.5. The van der Waals surface area contributed by atoms with E-state index in [-0.39, 0.29) is 16.7 Å². The molecular weight excluding hydrogens is 296 g/mol. The highest BCUT2D eigenvalue weighted by Gasteiger charge is 2.61. The van der Waals surface area contributed by atoms with Crippen LogP contribution in [0.2, 0.25) is 0 Å². The lowest BCUT2D eigenvalue weighted by Gasteiger charge is -2.58. The number of Topliss-reactive ketones (excluding diaryl/α,β-unsaturated/α-hetero) is 1. The maximum Gasteiger partial charge on any atom is 0.155 e. The van der Waals surface area contributed by atoms with Gasteiger partial charge in [0, 0.05) is 12.3 Å². The lowest BCUT2D eigenvalue weighted by Crippen LogP contribution is -2.51. The molecule has 4 aliphatic carbocycles. The van der Waals surface area contributed by atoms with E-state index in [0.717, 1.165) is 31.1 Å². The quantitative estimate of drug-likeness (QED) is 0.681. The molecule has 7 atom stereocenters. The number of hydrogen-bond donors (Lipinski definition) is 0. The molecular formula is C22H32O2. The highest BCUT2D eigenvalue weighted by molar-refractivity contribution is 5.91. The second-order valence-corrected chi connectivity index (χ2v) is 9.81. The van der Waals surface area contributed by atoms with Gasteiger partial charge < -0.3 is 0 Å². The smallest absolute Gasteiger partial charge is 0.155 e. The average molecular weight is 328 g/mol. The first-order valence-corrected chi connectivity index (χ1v) is 10.0. The molecule has 2 nitrogen and oxygen atoms in total. The summed E-state index contributed by atoms with van der Waals surface area (Å²) in [6.45, 7) is 8.98. The topological polar surface area (TPSA) is 34.1 Å². The van der Waals surface area contributed by atoms with Gasteiger partial charge in [-0.1, -0.05) is 26.3 Å². The van der Waals surface area contributed by atoms with E-state index in [9.17, 15) is 9.59 Å². The Morgan fingerprint density at radius 3 is 2.58 bits per heavy atom. The van der Waals surface area contributed by atoms with Crippen LogP contribution in [0.5, 0.6) is 0 Å². The van der Waals surface area contributed by atoms with Crippen LogP contribution >= 0.6 is 0 Å². The largest absolute Gasteiger partial charge is 0.300 e. The molecule has 0 aliphatic heterocycles. The number of fused-ring (bicyclic) bond motifs is 5. The van der Waals surface area contributed by atoms with Crippen molar-refractivity contribution in [2.24, 2.45) is 40.4 Å². The predicted molar refractivity (Wildman–Crippen MR) is 95.4 cm³/mol. The lowest BCUT2D eigenvalue weighted by atomic mass is 9.46. The Morgan fingerprint density at radius 1 is 1.12 bits per heavy atom. The van der Waals surface area contributed by atoms with Crippen LogP contribution in [-0.2, 0) is 9.59 Å². The minimum absolute atomic E-state index is 0.217.